The van der Waals surface area contributed by atoms with Gasteiger partial charge in [0.15, 0.2) is 0 Å². The number of ketones is 1. The lowest BCUT2D eigenvalue weighted by Crippen LogP contribution is -2.38. The van der Waals surface area contributed by atoms with Gasteiger partial charge in [-0.2, -0.15) is 0 Å². The van der Waals surface area contributed by atoms with Crippen LogP contribution in [-0.4, -0.2) is 37.0 Å². The van der Waals surface area contributed by atoms with Crippen LogP contribution in [0.2, 0.25) is 0 Å². The van der Waals surface area contributed by atoms with Gasteiger partial charge in [0.1, 0.15) is 17.6 Å². The van der Waals surface area contributed by atoms with Gasteiger partial charge in [-0.05, 0) is 30.7 Å². The van der Waals surface area contributed by atoms with Crippen LogP contribution in [0.3, 0.4) is 0 Å². The largest absolute Gasteiger partial charge is 0.486 e. The van der Waals surface area contributed by atoms with Crippen molar-refractivity contribution < 1.29 is 19.1 Å². The summed E-state index contributed by atoms with van der Waals surface area (Å²) in [6.45, 7) is 3.14. The van der Waals surface area contributed by atoms with Crippen molar-refractivity contribution in [3.05, 3.63) is 53.6 Å². The second-order valence-electron chi connectivity index (χ2n) is 7.06. The monoisotopic (exact) mass is 366 g/mol. The number of amides is 1. The van der Waals surface area contributed by atoms with Crippen molar-refractivity contribution in [1.82, 2.24) is 0 Å². The highest BCUT2D eigenvalue weighted by Crippen LogP contribution is 2.28. The highest BCUT2D eigenvalue weighted by Gasteiger charge is 2.23. The van der Waals surface area contributed by atoms with Crippen LogP contribution in [0.5, 0.6) is 5.75 Å². The fraction of sp³-hybridized carbons (Fsp3) is 0.333. The van der Waals surface area contributed by atoms with E-state index in [0.717, 1.165) is 11.3 Å². The number of hydrogen-bond donors (Lipinski definition) is 2. The van der Waals surface area contributed by atoms with E-state index >= 15 is 0 Å². The molecule has 2 heterocycles. The van der Waals surface area contributed by atoms with E-state index in [9.17, 15) is 9.59 Å². The standard InChI is InChI=1S/C21H22N2O4/c1-13-8-16(24)9-14-4-2-7-19(20(14)22-13)21(25)23-15-5-3-6-17(10-15)27-18-11-26-12-18/h2-7,10,13,18,22H,8-9,11-12H2,1H3,(H,23,25)/t13-/m1/s1. The molecule has 1 fully saturated rings. The van der Waals surface area contributed by atoms with E-state index in [1.807, 2.05) is 37.3 Å². The number of ether oxygens (including phenoxy) is 2. The first-order valence-corrected chi connectivity index (χ1v) is 9.14. The number of nitrogens with one attached hydrogen (secondary N) is 2. The van der Waals surface area contributed by atoms with E-state index in [4.69, 9.17) is 9.47 Å². The molecule has 0 saturated carbocycles. The molecule has 2 aliphatic rings. The van der Waals surface area contributed by atoms with Crippen molar-refractivity contribution in [3.63, 3.8) is 0 Å². The van der Waals surface area contributed by atoms with E-state index < -0.39 is 0 Å². The van der Waals surface area contributed by atoms with E-state index in [2.05, 4.69) is 10.6 Å². The van der Waals surface area contributed by atoms with Crippen LogP contribution in [0.15, 0.2) is 42.5 Å². The fourth-order valence-corrected chi connectivity index (χ4v) is 3.35. The quantitative estimate of drug-likeness (QED) is 0.870. The minimum atomic E-state index is -0.218. The maximum atomic E-state index is 12.9. The van der Waals surface area contributed by atoms with Crippen molar-refractivity contribution in [2.45, 2.75) is 31.9 Å². The summed E-state index contributed by atoms with van der Waals surface area (Å²) in [5, 5.41) is 6.25. The molecule has 2 N–H and O–H groups in total. The van der Waals surface area contributed by atoms with Gasteiger partial charge < -0.3 is 20.1 Å². The zero-order valence-electron chi connectivity index (χ0n) is 15.2. The van der Waals surface area contributed by atoms with Gasteiger partial charge in [0, 0.05) is 30.6 Å². The Morgan fingerprint density at radius 1 is 1.22 bits per heavy atom. The lowest BCUT2D eigenvalue weighted by atomic mass is 10.0. The Kier molecular flexibility index (Phi) is 4.81. The predicted molar refractivity (Wildman–Crippen MR) is 102 cm³/mol. The van der Waals surface area contributed by atoms with Crippen LogP contribution < -0.4 is 15.4 Å². The topological polar surface area (TPSA) is 76.7 Å². The summed E-state index contributed by atoms with van der Waals surface area (Å²) in [5.74, 6) is 0.659. The first-order chi connectivity index (χ1) is 13.1. The van der Waals surface area contributed by atoms with Crippen molar-refractivity contribution in [3.8, 4) is 5.75 Å². The Morgan fingerprint density at radius 3 is 2.81 bits per heavy atom. The zero-order chi connectivity index (χ0) is 18.8. The molecular weight excluding hydrogens is 344 g/mol. The molecular formula is C21H22N2O4. The molecule has 2 aromatic rings. The molecule has 2 aliphatic heterocycles. The van der Waals surface area contributed by atoms with Crippen molar-refractivity contribution in [1.29, 1.82) is 0 Å². The molecule has 0 aromatic heterocycles. The zero-order valence-corrected chi connectivity index (χ0v) is 15.2. The Bertz CT molecular complexity index is 876. The number of Topliss-reactive ketones (excluding diaryl/α,β-unsaturated/α-hetero) is 1. The van der Waals surface area contributed by atoms with E-state index in [1.54, 1.807) is 12.1 Å². The van der Waals surface area contributed by atoms with Crippen molar-refractivity contribution >= 4 is 23.1 Å². The Balaban J connectivity index is 1.54. The number of fused-ring (bicyclic) bond motifs is 1. The fourth-order valence-electron chi connectivity index (χ4n) is 3.35. The molecule has 4 rings (SSSR count). The molecule has 0 bridgehead atoms. The van der Waals surface area contributed by atoms with Crippen LogP contribution in [0.1, 0.15) is 29.3 Å². The normalized spacial score (nSPS) is 19.3. The minimum Gasteiger partial charge on any atom is -0.486 e. The van der Waals surface area contributed by atoms with Gasteiger partial charge in [-0.15, -0.1) is 0 Å². The van der Waals surface area contributed by atoms with E-state index in [0.29, 0.717) is 43.1 Å². The van der Waals surface area contributed by atoms with E-state index in [1.165, 1.54) is 0 Å². The second kappa shape index (κ2) is 7.40. The summed E-state index contributed by atoms with van der Waals surface area (Å²) in [6, 6.07) is 12.8. The summed E-state index contributed by atoms with van der Waals surface area (Å²) in [6.07, 6.45) is 0.879. The molecule has 6 nitrogen and oxygen atoms in total. The predicted octanol–water partition coefficient (Wildman–Crippen LogP) is 3.03. The molecule has 0 radical (unpaired) electrons. The molecule has 1 saturated heterocycles. The van der Waals surface area contributed by atoms with Crippen LogP contribution in [0.4, 0.5) is 11.4 Å². The number of para-hydroxylation sites is 1. The van der Waals surface area contributed by atoms with E-state index in [-0.39, 0.29) is 23.8 Å². The van der Waals surface area contributed by atoms with Gasteiger partial charge in [0.25, 0.3) is 5.91 Å². The summed E-state index contributed by atoms with van der Waals surface area (Å²) >= 11 is 0. The molecule has 6 heteroatoms. The molecule has 0 spiro atoms. The maximum absolute atomic E-state index is 12.9. The van der Waals surface area contributed by atoms with Gasteiger partial charge in [-0.25, -0.2) is 0 Å². The van der Waals surface area contributed by atoms with Gasteiger partial charge in [0.05, 0.1) is 24.5 Å². The van der Waals surface area contributed by atoms with Gasteiger partial charge in [-0.3, -0.25) is 9.59 Å². The molecule has 0 unspecified atom stereocenters. The molecule has 1 atom stereocenters. The number of benzene rings is 2. The average molecular weight is 366 g/mol. The number of rotatable bonds is 4. The third-order valence-electron chi connectivity index (χ3n) is 4.71. The van der Waals surface area contributed by atoms with Crippen molar-refractivity contribution in [2.75, 3.05) is 23.8 Å². The van der Waals surface area contributed by atoms with Crippen LogP contribution in [0, 0.1) is 0 Å². The summed E-state index contributed by atoms with van der Waals surface area (Å²) in [7, 11) is 0. The number of carbonyl (C=O) groups is 2. The van der Waals surface area contributed by atoms with Crippen LogP contribution in [-0.2, 0) is 16.0 Å². The second-order valence-corrected chi connectivity index (χ2v) is 7.06. The maximum Gasteiger partial charge on any atom is 0.257 e. The van der Waals surface area contributed by atoms with Crippen LogP contribution in [0.25, 0.3) is 0 Å². The third kappa shape index (κ3) is 3.95. The minimum absolute atomic E-state index is 0.00544. The van der Waals surface area contributed by atoms with Gasteiger partial charge >= 0.3 is 0 Å². The molecule has 140 valence electrons. The summed E-state index contributed by atoms with van der Waals surface area (Å²) < 4.78 is 10.9. The molecule has 1 amide bonds. The SMILES string of the molecule is C[C@@H]1CC(=O)Cc2cccc(C(=O)Nc3cccc(OC4COC4)c3)c2N1. The molecule has 2 aromatic carbocycles. The molecule has 27 heavy (non-hydrogen) atoms. The van der Waals surface area contributed by atoms with Gasteiger partial charge in [-0.1, -0.05) is 18.2 Å². The highest BCUT2D eigenvalue weighted by molar-refractivity contribution is 6.09. The highest BCUT2D eigenvalue weighted by atomic mass is 16.6. The first kappa shape index (κ1) is 17.5. The number of carbonyl (C=O) groups excluding carboxylic acids is 2. The molecule has 0 aliphatic carbocycles. The summed E-state index contributed by atoms with van der Waals surface area (Å²) in [5.41, 5.74) is 2.80. The lowest BCUT2D eigenvalue weighted by molar-refractivity contribution is -0.118. The van der Waals surface area contributed by atoms with Gasteiger partial charge in [0.2, 0.25) is 0 Å². The number of anilines is 2. The smallest absolute Gasteiger partial charge is 0.257 e. The first-order valence-electron chi connectivity index (χ1n) is 9.14. The number of hydrogen-bond acceptors (Lipinski definition) is 5. The van der Waals surface area contributed by atoms with Crippen LogP contribution >= 0.6 is 0 Å². The Morgan fingerprint density at radius 2 is 2.04 bits per heavy atom. The summed E-state index contributed by atoms with van der Waals surface area (Å²) in [4.78, 5) is 24.9. The Hall–Kier alpha value is -2.86. The average Bonchev–Trinajstić information content (AvgIpc) is 2.74. The Labute approximate surface area is 157 Å². The van der Waals surface area contributed by atoms with Crippen molar-refractivity contribution in [2.24, 2.45) is 0 Å². The lowest BCUT2D eigenvalue weighted by Gasteiger charge is -2.26. The third-order valence-corrected chi connectivity index (χ3v) is 4.71.